The molecule has 5 aliphatic rings. The molecule has 0 aromatic heterocycles. The van der Waals surface area contributed by atoms with Crippen molar-refractivity contribution in [1.29, 1.82) is 0 Å². The van der Waals surface area contributed by atoms with Crippen molar-refractivity contribution in [1.82, 2.24) is 0 Å². The van der Waals surface area contributed by atoms with Gasteiger partial charge < -0.3 is 8.85 Å². The highest BCUT2D eigenvalue weighted by atomic mass is 28.4. The first kappa shape index (κ1) is 31.8. The minimum absolute atomic E-state index is 0.278. The zero-order valence-corrected chi connectivity index (χ0v) is 31.1. The van der Waals surface area contributed by atoms with Crippen molar-refractivity contribution in [3.8, 4) is 0 Å². The standard InChI is InChI=1S/C36H68O2Si2/c1-25(24-37-39(8,9)10)26-16-19-33(4)22-23-35(6)27(31(26)33)14-15-29-34(5)20-18-30(38-40(11,12)13)32(2,3)28(34)17-21-36(29,35)7/h25-31H,14-24H2,1-13H3/t25-,26+,27?,28?,29?,30+,31?,33-,34+,35-,36-/m1/s1. The molecular weight excluding hydrogens is 521 g/mol. The first-order valence-electron chi connectivity index (χ1n) is 17.5. The van der Waals surface area contributed by atoms with Crippen LogP contribution in [0.5, 0.6) is 0 Å². The first-order chi connectivity index (χ1) is 18.2. The summed E-state index contributed by atoms with van der Waals surface area (Å²) in [6.07, 6.45) is 14.7. The van der Waals surface area contributed by atoms with Gasteiger partial charge >= 0.3 is 0 Å². The Labute approximate surface area is 252 Å². The summed E-state index contributed by atoms with van der Waals surface area (Å²) in [5, 5.41) is 0. The van der Waals surface area contributed by atoms with Crippen LogP contribution in [-0.2, 0) is 8.85 Å². The molecule has 5 rings (SSSR count). The fourth-order valence-corrected chi connectivity index (χ4v) is 14.8. The number of rotatable bonds is 6. The van der Waals surface area contributed by atoms with Crippen LogP contribution in [-0.4, -0.2) is 29.3 Å². The van der Waals surface area contributed by atoms with E-state index in [-0.39, 0.29) is 5.41 Å². The quantitative estimate of drug-likeness (QED) is 0.287. The van der Waals surface area contributed by atoms with Gasteiger partial charge in [-0.2, -0.15) is 0 Å². The van der Waals surface area contributed by atoms with Crippen LogP contribution in [0.15, 0.2) is 0 Å². The number of hydrogen-bond acceptors (Lipinski definition) is 2. The summed E-state index contributed by atoms with van der Waals surface area (Å²) >= 11 is 0. The topological polar surface area (TPSA) is 18.5 Å². The molecule has 0 amide bonds. The molecule has 0 aliphatic heterocycles. The van der Waals surface area contributed by atoms with E-state index in [0.29, 0.717) is 33.7 Å². The molecule has 0 spiro atoms. The summed E-state index contributed by atoms with van der Waals surface area (Å²) in [7, 11) is -3.04. The SMILES string of the molecule is C[C@H](CO[Si](C)(C)C)[C@@H]1CC[C@]2(C)CC[C@]3(C)C(CCC4[C@@]5(C)CC[C@H](O[Si](C)(C)C)C(C)(C)C5CC[C@]43C)C12. The van der Waals surface area contributed by atoms with E-state index in [1.165, 1.54) is 64.2 Å². The van der Waals surface area contributed by atoms with Gasteiger partial charge in [-0.05, 0) is 166 Å². The molecule has 0 N–H and O–H groups in total. The van der Waals surface area contributed by atoms with Crippen molar-refractivity contribution < 1.29 is 8.85 Å². The monoisotopic (exact) mass is 588 g/mol. The predicted molar refractivity (Wildman–Crippen MR) is 177 cm³/mol. The van der Waals surface area contributed by atoms with E-state index in [1.807, 2.05) is 0 Å². The molecule has 2 nitrogen and oxygen atoms in total. The van der Waals surface area contributed by atoms with Crippen LogP contribution in [0.4, 0.5) is 0 Å². The Hall–Kier alpha value is 0.354. The fraction of sp³-hybridized carbons (Fsp3) is 1.00. The van der Waals surface area contributed by atoms with Gasteiger partial charge in [-0.25, -0.2) is 0 Å². The second-order valence-electron chi connectivity index (χ2n) is 19.5. The zero-order chi connectivity index (χ0) is 29.7. The Kier molecular flexibility index (Phi) is 7.89. The normalized spacial score (nSPS) is 49.4. The van der Waals surface area contributed by atoms with Gasteiger partial charge in [0, 0.05) is 6.61 Å². The summed E-state index contributed by atoms with van der Waals surface area (Å²) in [6, 6.07) is 0. The molecule has 0 aromatic rings. The van der Waals surface area contributed by atoms with Crippen LogP contribution in [0.1, 0.15) is 113 Å². The predicted octanol–water partition coefficient (Wildman–Crippen LogP) is 10.8. The van der Waals surface area contributed by atoms with Gasteiger partial charge in [-0.15, -0.1) is 0 Å². The highest BCUT2D eigenvalue weighted by molar-refractivity contribution is 6.70. The van der Waals surface area contributed by atoms with Crippen LogP contribution in [0.3, 0.4) is 0 Å². The third-order valence-corrected chi connectivity index (χ3v) is 16.9. The summed E-state index contributed by atoms with van der Waals surface area (Å²) in [4.78, 5) is 0. The molecule has 4 unspecified atom stereocenters. The summed E-state index contributed by atoms with van der Waals surface area (Å²) in [5.74, 6) is 5.00. The molecule has 232 valence electrons. The first-order valence-corrected chi connectivity index (χ1v) is 24.3. The maximum atomic E-state index is 6.92. The Morgan fingerprint density at radius 1 is 0.675 bits per heavy atom. The summed E-state index contributed by atoms with van der Waals surface area (Å²) in [6.45, 7) is 34.1. The van der Waals surface area contributed by atoms with E-state index in [0.717, 1.165) is 36.2 Å². The van der Waals surface area contributed by atoms with Crippen molar-refractivity contribution in [2.45, 2.75) is 158 Å². The molecule has 40 heavy (non-hydrogen) atoms. The Morgan fingerprint density at radius 2 is 1.35 bits per heavy atom. The molecule has 0 bridgehead atoms. The minimum Gasteiger partial charge on any atom is -0.417 e. The van der Waals surface area contributed by atoms with Gasteiger partial charge in [0.2, 0.25) is 0 Å². The van der Waals surface area contributed by atoms with E-state index in [9.17, 15) is 0 Å². The third kappa shape index (κ3) is 4.91. The van der Waals surface area contributed by atoms with Gasteiger partial charge in [0.1, 0.15) is 0 Å². The van der Waals surface area contributed by atoms with Gasteiger partial charge in [0.25, 0.3) is 0 Å². The lowest BCUT2D eigenvalue weighted by Gasteiger charge is -2.73. The van der Waals surface area contributed by atoms with Crippen molar-refractivity contribution in [2.24, 2.45) is 62.6 Å². The van der Waals surface area contributed by atoms with E-state index >= 15 is 0 Å². The maximum Gasteiger partial charge on any atom is 0.184 e. The molecule has 4 heteroatoms. The lowest BCUT2D eigenvalue weighted by molar-refractivity contribution is -0.247. The Balaban J connectivity index is 1.43. The highest BCUT2D eigenvalue weighted by Crippen LogP contribution is 2.77. The van der Waals surface area contributed by atoms with Crippen molar-refractivity contribution in [3.63, 3.8) is 0 Å². The van der Waals surface area contributed by atoms with Crippen LogP contribution in [0.2, 0.25) is 39.3 Å². The largest absolute Gasteiger partial charge is 0.417 e. The highest BCUT2D eigenvalue weighted by Gasteiger charge is 2.70. The smallest absolute Gasteiger partial charge is 0.184 e. The van der Waals surface area contributed by atoms with Crippen LogP contribution >= 0.6 is 0 Å². The van der Waals surface area contributed by atoms with Gasteiger partial charge in [0.15, 0.2) is 16.6 Å². The van der Waals surface area contributed by atoms with Crippen molar-refractivity contribution in [2.75, 3.05) is 6.61 Å². The average molecular weight is 589 g/mol. The summed E-state index contributed by atoms with van der Waals surface area (Å²) < 4.78 is 13.5. The van der Waals surface area contributed by atoms with E-state index < -0.39 is 16.6 Å². The minimum atomic E-state index is -1.56. The molecule has 0 radical (unpaired) electrons. The van der Waals surface area contributed by atoms with Crippen LogP contribution in [0, 0.1) is 62.6 Å². The molecular formula is C36H68O2Si2. The molecule has 0 heterocycles. The number of hydrogen-bond donors (Lipinski definition) is 0. The van der Waals surface area contributed by atoms with Crippen LogP contribution < -0.4 is 0 Å². The molecule has 11 atom stereocenters. The summed E-state index contributed by atoms with van der Waals surface area (Å²) in [5.41, 5.74) is 2.24. The maximum absolute atomic E-state index is 6.92. The fourth-order valence-electron chi connectivity index (χ4n) is 12.8. The van der Waals surface area contributed by atoms with E-state index in [4.69, 9.17) is 8.85 Å². The second-order valence-corrected chi connectivity index (χ2v) is 28.5. The van der Waals surface area contributed by atoms with Crippen molar-refractivity contribution in [3.05, 3.63) is 0 Å². The third-order valence-electron chi connectivity index (χ3n) is 14.8. The zero-order valence-electron chi connectivity index (χ0n) is 29.1. The Bertz CT molecular complexity index is 949. The lowest BCUT2D eigenvalue weighted by Crippen LogP contribution is -2.67. The Morgan fingerprint density at radius 3 is 1.98 bits per heavy atom. The van der Waals surface area contributed by atoms with Gasteiger partial charge in [-0.3, -0.25) is 0 Å². The molecule has 0 aromatic carbocycles. The number of fused-ring (bicyclic) bond motifs is 7. The van der Waals surface area contributed by atoms with E-state index in [1.54, 1.807) is 0 Å². The molecule has 0 saturated heterocycles. The molecule has 5 fully saturated rings. The van der Waals surface area contributed by atoms with Crippen molar-refractivity contribution >= 4 is 16.6 Å². The van der Waals surface area contributed by atoms with Gasteiger partial charge in [0.05, 0.1) is 6.10 Å². The molecule has 5 aliphatic carbocycles. The lowest BCUT2D eigenvalue weighted by atomic mass is 9.32. The average Bonchev–Trinajstić information content (AvgIpc) is 3.16. The second kappa shape index (κ2) is 9.93. The van der Waals surface area contributed by atoms with E-state index in [2.05, 4.69) is 87.7 Å². The van der Waals surface area contributed by atoms with Gasteiger partial charge in [-0.1, -0.05) is 48.5 Å². The molecule has 5 saturated carbocycles. The van der Waals surface area contributed by atoms with Crippen LogP contribution in [0.25, 0.3) is 0 Å².